The van der Waals surface area contributed by atoms with Gasteiger partial charge in [-0.15, -0.1) is 0 Å². The fourth-order valence-corrected chi connectivity index (χ4v) is 1.31. The Morgan fingerprint density at radius 3 is 2.54 bits per heavy atom. The van der Waals surface area contributed by atoms with Gasteiger partial charge in [0.15, 0.2) is 0 Å². The minimum Gasteiger partial charge on any atom is -0.391 e. The second-order valence-corrected chi connectivity index (χ2v) is 3.24. The topological polar surface area (TPSA) is 46.2 Å². The third kappa shape index (κ3) is 2.05. The van der Waals surface area contributed by atoms with Crippen LogP contribution in [0.25, 0.3) is 0 Å². The lowest BCUT2D eigenvalue weighted by atomic mass is 9.98. The van der Waals surface area contributed by atoms with Gasteiger partial charge in [-0.2, -0.15) is 0 Å². The SMILES string of the molecule is Cc1cccc(F)c1[C@@H](N)[C@@H](C)O. The number of benzene rings is 1. The smallest absolute Gasteiger partial charge is 0.128 e. The fraction of sp³-hybridized carbons (Fsp3) is 0.400. The first-order valence-corrected chi connectivity index (χ1v) is 4.22. The van der Waals surface area contributed by atoms with Gasteiger partial charge in [-0.25, -0.2) is 4.39 Å². The van der Waals surface area contributed by atoms with Gasteiger partial charge >= 0.3 is 0 Å². The summed E-state index contributed by atoms with van der Waals surface area (Å²) in [6.07, 6.45) is -0.740. The number of aryl methyl sites for hydroxylation is 1. The number of halogens is 1. The van der Waals surface area contributed by atoms with Gasteiger partial charge in [-0.3, -0.25) is 0 Å². The molecule has 0 unspecified atom stereocenters. The molecule has 0 bridgehead atoms. The molecule has 13 heavy (non-hydrogen) atoms. The molecule has 0 heterocycles. The van der Waals surface area contributed by atoms with Crippen molar-refractivity contribution in [3.05, 3.63) is 35.1 Å². The highest BCUT2D eigenvalue weighted by Gasteiger charge is 2.17. The Labute approximate surface area is 77.2 Å². The highest BCUT2D eigenvalue weighted by atomic mass is 19.1. The van der Waals surface area contributed by atoms with Gasteiger partial charge in [0.1, 0.15) is 5.82 Å². The van der Waals surface area contributed by atoms with Crippen LogP contribution in [-0.2, 0) is 0 Å². The Hall–Kier alpha value is -0.930. The first-order valence-electron chi connectivity index (χ1n) is 4.22. The van der Waals surface area contributed by atoms with Gasteiger partial charge in [-0.05, 0) is 25.5 Å². The number of rotatable bonds is 2. The zero-order chi connectivity index (χ0) is 10.0. The van der Waals surface area contributed by atoms with Crippen LogP contribution in [0.5, 0.6) is 0 Å². The number of aliphatic hydroxyl groups is 1. The highest BCUT2D eigenvalue weighted by Crippen LogP contribution is 2.21. The first kappa shape index (κ1) is 10.2. The second kappa shape index (κ2) is 3.85. The molecule has 0 aliphatic heterocycles. The van der Waals surface area contributed by atoms with Crippen molar-refractivity contribution in [2.75, 3.05) is 0 Å². The Kier molecular flexibility index (Phi) is 3.01. The van der Waals surface area contributed by atoms with Crippen molar-refractivity contribution in [3.63, 3.8) is 0 Å². The molecule has 0 radical (unpaired) electrons. The van der Waals surface area contributed by atoms with Crippen LogP contribution in [0, 0.1) is 12.7 Å². The van der Waals surface area contributed by atoms with E-state index in [0.29, 0.717) is 5.56 Å². The summed E-state index contributed by atoms with van der Waals surface area (Å²) >= 11 is 0. The molecule has 1 aromatic carbocycles. The van der Waals surface area contributed by atoms with E-state index in [2.05, 4.69) is 0 Å². The van der Waals surface area contributed by atoms with E-state index in [4.69, 9.17) is 5.73 Å². The predicted octanol–water partition coefficient (Wildman–Crippen LogP) is 1.51. The normalized spacial score (nSPS) is 15.5. The van der Waals surface area contributed by atoms with E-state index in [0.717, 1.165) is 5.56 Å². The fourth-order valence-electron chi connectivity index (χ4n) is 1.31. The summed E-state index contributed by atoms with van der Waals surface area (Å²) in [4.78, 5) is 0. The predicted molar refractivity (Wildman–Crippen MR) is 49.7 cm³/mol. The van der Waals surface area contributed by atoms with Crippen molar-refractivity contribution in [1.82, 2.24) is 0 Å². The lowest BCUT2D eigenvalue weighted by Crippen LogP contribution is -2.25. The Morgan fingerprint density at radius 1 is 1.46 bits per heavy atom. The minimum absolute atomic E-state index is 0.353. The summed E-state index contributed by atoms with van der Waals surface area (Å²) in [5.74, 6) is -0.353. The molecule has 1 aromatic rings. The van der Waals surface area contributed by atoms with E-state index in [1.54, 1.807) is 26.0 Å². The van der Waals surface area contributed by atoms with Gasteiger partial charge in [0.25, 0.3) is 0 Å². The molecule has 0 saturated heterocycles. The standard InChI is InChI=1S/C10H14FNO/c1-6-4-3-5-8(11)9(6)10(12)7(2)13/h3-5,7,10,13H,12H2,1-2H3/t7-,10+/m1/s1. The lowest BCUT2D eigenvalue weighted by Gasteiger charge is -2.17. The van der Waals surface area contributed by atoms with Crippen LogP contribution in [-0.4, -0.2) is 11.2 Å². The molecular formula is C10H14FNO. The van der Waals surface area contributed by atoms with Crippen LogP contribution < -0.4 is 5.73 Å². The van der Waals surface area contributed by atoms with Crippen LogP contribution in [0.15, 0.2) is 18.2 Å². The maximum absolute atomic E-state index is 13.3. The van der Waals surface area contributed by atoms with E-state index in [-0.39, 0.29) is 5.82 Å². The Morgan fingerprint density at radius 2 is 2.08 bits per heavy atom. The van der Waals surface area contributed by atoms with Crippen LogP contribution in [0.1, 0.15) is 24.1 Å². The van der Waals surface area contributed by atoms with Crippen LogP contribution in [0.2, 0.25) is 0 Å². The maximum Gasteiger partial charge on any atom is 0.128 e. The lowest BCUT2D eigenvalue weighted by molar-refractivity contribution is 0.162. The van der Waals surface area contributed by atoms with Crippen molar-refractivity contribution in [2.24, 2.45) is 5.73 Å². The molecule has 72 valence electrons. The van der Waals surface area contributed by atoms with E-state index in [9.17, 15) is 9.50 Å². The Bertz CT molecular complexity index is 279. The van der Waals surface area contributed by atoms with Gasteiger partial charge in [-0.1, -0.05) is 12.1 Å². The van der Waals surface area contributed by atoms with Crippen molar-refractivity contribution in [3.8, 4) is 0 Å². The molecule has 0 amide bonds. The number of aliphatic hydroxyl groups excluding tert-OH is 1. The van der Waals surface area contributed by atoms with Crippen LogP contribution in [0.4, 0.5) is 4.39 Å². The summed E-state index contributed by atoms with van der Waals surface area (Å²) in [6, 6.07) is 4.11. The van der Waals surface area contributed by atoms with Gasteiger partial charge < -0.3 is 10.8 Å². The molecule has 0 fully saturated rings. The highest BCUT2D eigenvalue weighted by molar-refractivity contribution is 5.30. The summed E-state index contributed by atoms with van der Waals surface area (Å²) in [5.41, 5.74) is 6.82. The first-order chi connectivity index (χ1) is 6.04. The zero-order valence-corrected chi connectivity index (χ0v) is 7.79. The molecule has 0 aliphatic carbocycles. The summed E-state index contributed by atoms with van der Waals surface area (Å²) in [5, 5.41) is 9.23. The van der Waals surface area contributed by atoms with E-state index < -0.39 is 12.1 Å². The molecule has 3 N–H and O–H groups in total. The molecule has 0 aliphatic rings. The number of nitrogens with two attached hydrogens (primary N) is 1. The minimum atomic E-state index is -0.740. The largest absolute Gasteiger partial charge is 0.391 e. The van der Waals surface area contributed by atoms with Crippen molar-refractivity contribution < 1.29 is 9.50 Å². The van der Waals surface area contributed by atoms with Crippen LogP contribution >= 0.6 is 0 Å². The molecular weight excluding hydrogens is 169 g/mol. The van der Waals surface area contributed by atoms with E-state index in [1.165, 1.54) is 6.07 Å². The zero-order valence-electron chi connectivity index (χ0n) is 7.79. The summed E-state index contributed by atoms with van der Waals surface area (Å²) in [7, 11) is 0. The molecule has 0 saturated carbocycles. The van der Waals surface area contributed by atoms with Crippen LogP contribution in [0.3, 0.4) is 0 Å². The van der Waals surface area contributed by atoms with E-state index in [1.807, 2.05) is 0 Å². The van der Waals surface area contributed by atoms with Crippen molar-refractivity contribution in [1.29, 1.82) is 0 Å². The summed E-state index contributed by atoms with van der Waals surface area (Å²) < 4.78 is 13.3. The van der Waals surface area contributed by atoms with Crippen molar-refractivity contribution >= 4 is 0 Å². The molecule has 0 aromatic heterocycles. The van der Waals surface area contributed by atoms with Gasteiger partial charge in [0.05, 0.1) is 12.1 Å². The third-order valence-corrected chi connectivity index (χ3v) is 2.12. The second-order valence-electron chi connectivity index (χ2n) is 3.24. The molecule has 3 heteroatoms. The maximum atomic E-state index is 13.3. The Balaban J connectivity index is 3.12. The molecule has 0 spiro atoms. The average molecular weight is 183 g/mol. The monoisotopic (exact) mass is 183 g/mol. The molecule has 1 rings (SSSR count). The van der Waals surface area contributed by atoms with Crippen molar-refractivity contribution in [2.45, 2.75) is 26.0 Å². The average Bonchev–Trinajstić information content (AvgIpc) is 2.03. The van der Waals surface area contributed by atoms with E-state index >= 15 is 0 Å². The number of hydrogen-bond donors (Lipinski definition) is 2. The number of hydrogen-bond acceptors (Lipinski definition) is 2. The third-order valence-electron chi connectivity index (χ3n) is 2.12. The quantitative estimate of drug-likeness (QED) is 0.730. The molecule has 2 nitrogen and oxygen atoms in total. The van der Waals surface area contributed by atoms with Gasteiger partial charge in [0, 0.05) is 5.56 Å². The van der Waals surface area contributed by atoms with Gasteiger partial charge in [0.2, 0.25) is 0 Å². The molecule has 2 atom stereocenters. The summed E-state index contributed by atoms with van der Waals surface area (Å²) in [6.45, 7) is 3.33.